The number of Topliss-reactive ketones (excluding diaryl/α,β-unsaturated/α-hetero) is 1. The Bertz CT molecular complexity index is 460. The van der Waals surface area contributed by atoms with E-state index in [0.29, 0.717) is 6.42 Å². The lowest BCUT2D eigenvalue weighted by molar-refractivity contribution is -0.137. The van der Waals surface area contributed by atoms with Gasteiger partial charge in [0.2, 0.25) is 5.91 Å². The molecule has 0 aromatic carbocycles. The van der Waals surface area contributed by atoms with Crippen LogP contribution in [0.4, 0.5) is 0 Å². The summed E-state index contributed by atoms with van der Waals surface area (Å²) in [6.07, 6.45) is 0.467. The van der Waals surface area contributed by atoms with Gasteiger partial charge in [0.15, 0.2) is 0 Å². The normalized spacial score (nSPS) is 13.6. The van der Waals surface area contributed by atoms with E-state index in [1.165, 1.54) is 0 Å². The van der Waals surface area contributed by atoms with Gasteiger partial charge in [0.05, 0.1) is 12.1 Å². The van der Waals surface area contributed by atoms with Gasteiger partial charge in [0.25, 0.3) is 0 Å². The molecule has 0 fully saturated rings. The SMILES string of the molecule is C=C(O)C(CCC(=O)O)NC(=O)C(CCC(=O)C(C)C)NC(C)C. The summed E-state index contributed by atoms with van der Waals surface area (Å²) in [4.78, 5) is 34.9. The molecular weight excluding hydrogens is 312 g/mol. The van der Waals surface area contributed by atoms with Crippen LogP contribution < -0.4 is 10.6 Å². The van der Waals surface area contributed by atoms with Crippen LogP contribution in [-0.4, -0.2) is 46.0 Å². The van der Waals surface area contributed by atoms with E-state index in [4.69, 9.17) is 5.11 Å². The van der Waals surface area contributed by atoms with Gasteiger partial charge in [0, 0.05) is 24.8 Å². The van der Waals surface area contributed by atoms with E-state index in [0.717, 1.165) is 0 Å². The van der Waals surface area contributed by atoms with Crippen LogP contribution >= 0.6 is 0 Å². The van der Waals surface area contributed by atoms with Crippen molar-refractivity contribution in [2.45, 2.75) is 71.5 Å². The monoisotopic (exact) mass is 342 g/mol. The first-order valence-electron chi connectivity index (χ1n) is 8.23. The maximum absolute atomic E-state index is 12.4. The summed E-state index contributed by atoms with van der Waals surface area (Å²) in [7, 11) is 0. The number of rotatable bonds is 12. The standard InChI is InChI=1S/C17H30N2O5/c1-10(2)15(21)8-6-14(18-11(3)4)17(24)19-13(12(5)20)7-9-16(22)23/h10-11,13-14,18,20H,5-9H2,1-4H3,(H,19,24)(H,22,23). The smallest absolute Gasteiger partial charge is 0.303 e. The van der Waals surface area contributed by atoms with Crippen LogP contribution in [0.1, 0.15) is 53.4 Å². The van der Waals surface area contributed by atoms with E-state index in [9.17, 15) is 19.5 Å². The average Bonchev–Trinajstić information content (AvgIpc) is 2.45. The quantitative estimate of drug-likeness (QED) is 0.402. The van der Waals surface area contributed by atoms with Gasteiger partial charge in [-0.05, 0) is 12.8 Å². The predicted molar refractivity (Wildman–Crippen MR) is 91.7 cm³/mol. The molecule has 7 nitrogen and oxygen atoms in total. The Kier molecular flexibility index (Phi) is 9.95. The van der Waals surface area contributed by atoms with Gasteiger partial charge >= 0.3 is 5.97 Å². The fraction of sp³-hybridized carbons (Fsp3) is 0.706. The lowest BCUT2D eigenvalue weighted by atomic mass is 10.00. The molecule has 0 aliphatic carbocycles. The molecule has 0 aliphatic heterocycles. The van der Waals surface area contributed by atoms with Crippen LogP contribution in [0.15, 0.2) is 12.3 Å². The zero-order valence-electron chi connectivity index (χ0n) is 15.0. The summed E-state index contributed by atoms with van der Waals surface area (Å²) in [5, 5.41) is 24.0. The van der Waals surface area contributed by atoms with Crippen LogP contribution in [-0.2, 0) is 14.4 Å². The van der Waals surface area contributed by atoms with Crippen LogP contribution in [0, 0.1) is 5.92 Å². The summed E-state index contributed by atoms with van der Waals surface area (Å²) in [6, 6.07) is -1.39. The zero-order chi connectivity index (χ0) is 18.9. The highest BCUT2D eigenvalue weighted by atomic mass is 16.4. The van der Waals surface area contributed by atoms with Crippen molar-refractivity contribution in [1.29, 1.82) is 0 Å². The van der Waals surface area contributed by atoms with E-state index >= 15 is 0 Å². The second kappa shape index (κ2) is 10.8. The van der Waals surface area contributed by atoms with Gasteiger partial charge in [-0.3, -0.25) is 14.4 Å². The fourth-order valence-electron chi connectivity index (χ4n) is 2.13. The van der Waals surface area contributed by atoms with Gasteiger partial charge in [-0.2, -0.15) is 0 Å². The molecule has 1 amide bonds. The third kappa shape index (κ3) is 9.29. The van der Waals surface area contributed by atoms with Gasteiger partial charge in [-0.15, -0.1) is 0 Å². The van der Waals surface area contributed by atoms with Gasteiger partial charge in [-0.1, -0.05) is 34.3 Å². The van der Waals surface area contributed by atoms with Crippen molar-refractivity contribution in [3.05, 3.63) is 12.3 Å². The third-order valence-electron chi connectivity index (χ3n) is 3.54. The fourth-order valence-corrected chi connectivity index (χ4v) is 2.13. The first-order valence-corrected chi connectivity index (χ1v) is 8.23. The van der Waals surface area contributed by atoms with E-state index in [1.807, 2.05) is 27.7 Å². The molecule has 0 aliphatic rings. The molecule has 2 unspecified atom stereocenters. The molecule has 138 valence electrons. The first-order chi connectivity index (χ1) is 11.0. The molecule has 0 rings (SSSR count). The molecule has 7 heteroatoms. The second-order valence-corrected chi connectivity index (χ2v) is 6.52. The Morgan fingerprint density at radius 3 is 1.92 bits per heavy atom. The summed E-state index contributed by atoms with van der Waals surface area (Å²) in [6.45, 7) is 10.8. The number of hydrogen-bond acceptors (Lipinski definition) is 5. The maximum atomic E-state index is 12.4. The summed E-state index contributed by atoms with van der Waals surface area (Å²) < 4.78 is 0. The number of aliphatic carboxylic acids is 1. The highest BCUT2D eigenvalue weighted by molar-refractivity contribution is 5.84. The minimum absolute atomic E-state index is 0.0321. The van der Waals surface area contributed by atoms with E-state index in [2.05, 4.69) is 17.2 Å². The minimum atomic E-state index is -1.02. The number of carboxylic acid groups (broad SMARTS) is 1. The maximum Gasteiger partial charge on any atom is 0.303 e. The Morgan fingerprint density at radius 2 is 1.50 bits per heavy atom. The highest BCUT2D eigenvalue weighted by Gasteiger charge is 2.24. The zero-order valence-corrected chi connectivity index (χ0v) is 15.0. The molecule has 0 bridgehead atoms. The second-order valence-electron chi connectivity index (χ2n) is 6.52. The van der Waals surface area contributed by atoms with Crippen LogP contribution in [0.2, 0.25) is 0 Å². The molecule has 2 atom stereocenters. The topological polar surface area (TPSA) is 116 Å². The summed E-state index contributed by atoms with van der Waals surface area (Å²) in [5.41, 5.74) is 0. The predicted octanol–water partition coefficient (Wildman–Crippen LogP) is 1.78. The van der Waals surface area contributed by atoms with Crippen LogP contribution in [0.5, 0.6) is 0 Å². The molecule has 24 heavy (non-hydrogen) atoms. The molecule has 0 aromatic rings. The van der Waals surface area contributed by atoms with Crippen molar-refractivity contribution in [2.75, 3.05) is 0 Å². The molecule has 4 N–H and O–H groups in total. The largest absolute Gasteiger partial charge is 0.511 e. The van der Waals surface area contributed by atoms with E-state index in [1.54, 1.807) is 0 Å². The number of carbonyl (C=O) groups is 3. The Balaban J connectivity index is 4.84. The number of ketones is 1. The van der Waals surface area contributed by atoms with Crippen LogP contribution in [0.25, 0.3) is 0 Å². The Labute approximate surface area is 143 Å². The molecule has 0 saturated heterocycles. The number of carbonyl (C=O) groups excluding carboxylic acids is 2. The Morgan fingerprint density at radius 1 is 0.958 bits per heavy atom. The first kappa shape index (κ1) is 22.1. The molecule has 0 radical (unpaired) electrons. The van der Waals surface area contributed by atoms with Crippen molar-refractivity contribution in [3.63, 3.8) is 0 Å². The van der Waals surface area contributed by atoms with Crippen molar-refractivity contribution in [1.82, 2.24) is 10.6 Å². The number of aliphatic hydroxyl groups excluding tert-OH is 1. The molecule has 0 saturated carbocycles. The van der Waals surface area contributed by atoms with Crippen molar-refractivity contribution in [3.8, 4) is 0 Å². The van der Waals surface area contributed by atoms with Gasteiger partial charge in [-0.25, -0.2) is 0 Å². The van der Waals surface area contributed by atoms with Gasteiger partial charge < -0.3 is 20.8 Å². The van der Waals surface area contributed by atoms with Crippen molar-refractivity contribution >= 4 is 17.7 Å². The molecular formula is C17H30N2O5. The average molecular weight is 342 g/mol. The van der Waals surface area contributed by atoms with Crippen molar-refractivity contribution < 1.29 is 24.6 Å². The third-order valence-corrected chi connectivity index (χ3v) is 3.54. The van der Waals surface area contributed by atoms with Gasteiger partial charge in [0.1, 0.15) is 11.5 Å². The van der Waals surface area contributed by atoms with E-state index in [-0.39, 0.29) is 48.7 Å². The number of hydrogen-bond donors (Lipinski definition) is 4. The van der Waals surface area contributed by atoms with Crippen LogP contribution in [0.3, 0.4) is 0 Å². The Hall–Kier alpha value is -1.89. The summed E-state index contributed by atoms with van der Waals surface area (Å²) >= 11 is 0. The number of amides is 1. The summed E-state index contributed by atoms with van der Waals surface area (Å²) in [5.74, 6) is -1.70. The number of carboxylic acids is 1. The lowest BCUT2D eigenvalue weighted by Crippen LogP contribution is -2.50. The minimum Gasteiger partial charge on any atom is -0.511 e. The molecule has 0 aromatic heterocycles. The lowest BCUT2D eigenvalue weighted by Gasteiger charge is -2.24. The van der Waals surface area contributed by atoms with Crippen molar-refractivity contribution in [2.24, 2.45) is 5.92 Å². The molecule has 0 spiro atoms. The number of nitrogens with one attached hydrogen (secondary N) is 2. The molecule has 0 heterocycles. The van der Waals surface area contributed by atoms with E-state index < -0.39 is 18.1 Å². The number of aliphatic hydroxyl groups is 1. The highest BCUT2D eigenvalue weighted by Crippen LogP contribution is 2.09.